The Balaban J connectivity index is 2.27. The first-order chi connectivity index (χ1) is 8.48. The van der Waals surface area contributed by atoms with Crippen LogP contribution in [0.3, 0.4) is 0 Å². The smallest absolute Gasteiger partial charge is 0.0435 e. The van der Waals surface area contributed by atoms with Crippen molar-refractivity contribution in [3.8, 4) is 0 Å². The number of rotatable bonds is 1. The molecule has 0 saturated carbocycles. The number of anilines is 1. The predicted octanol–water partition coefficient (Wildman–Crippen LogP) is 2.70. The summed E-state index contributed by atoms with van der Waals surface area (Å²) in [5.41, 5.74) is 8.87. The van der Waals surface area contributed by atoms with Gasteiger partial charge >= 0.3 is 0 Å². The average molecular weight is 247 g/mol. The Morgan fingerprint density at radius 2 is 2.06 bits per heavy atom. The molecule has 0 amide bonds. The highest BCUT2D eigenvalue weighted by atomic mass is 15.1. The summed E-state index contributed by atoms with van der Waals surface area (Å²) in [5, 5.41) is 0. The molecule has 2 N–H and O–H groups in total. The molecule has 1 aliphatic heterocycles. The molecule has 2 heterocycles. The minimum Gasteiger partial charge on any atom is -0.371 e. The Bertz CT molecular complexity index is 395. The van der Waals surface area contributed by atoms with Crippen LogP contribution in [0.2, 0.25) is 0 Å². The topological polar surface area (TPSA) is 42.2 Å². The molecule has 3 nitrogen and oxygen atoms in total. The molecule has 3 heteroatoms. The van der Waals surface area contributed by atoms with E-state index in [1.54, 1.807) is 0 Å². The van der Waals surface area contributed by atoms with Crippen LogP contribution in [0.25, 0.3) is 0 Å². The van der Waals surface area contributed by atoms with E-state index < -0.39 is 0 Å². The number of hydrogen-bond acceptors (Lipinski definition) is 3. The van der Waals surface area contributed by atoms with Crippen LogP contribution < -0.4 is 10.6 Å². The second-order valence-corrected chi connectivity index (χ2v) is 6.32. The number of nitrogens with two attached hydrogens (primary N) is 1. The minimum absolute atomic E-state index is 0.137. The molecule has 0 radical (unpaired) electrons. The van der Waals surface area contributed by atoms with Gasteiger partial charge in [0, 0.05) is 37.2 Å². The van der Waals surface area contributed by atoms with Crippen molar-refractivity contribution >= 4 is 5.69 Å². The highest BCUT2D eigenvalue weighted by Gasteiger charge is 2.22. The van der Waals surface area contributed by atoms with Gasteiger partial charge in [-0.1, -0.05) is 20.8 Å². The molecule has 1 fully saturated rings. The number of pyridine rings is 1. The Labute approximate surface area is 110 Å². The van der Waals surface area contributed by atoms with Crippen LogP contribution in [0.1, 0.15) is 45.6 Å². The fraction of sp³-hybridized carbons (Fsp3) is 0.667. The van der Waals surface area contributed by atoms with E-state index in [9.17, 15) is 0 Å². The molecule has 1 atom stereocenters. The zero-order chi connectivity index (χ0) is 13.2. The highest BCUT2D eigenvalue weighted by Crippen LogP contribution is 2.32. The standard InChI is InChI=1S/C15H25N3/c1-15(2,3)13-11-17-8-6-14(13)18-9-4-5-12(16)7-10-18/h6,8,11-12H,4-5,7,9-10,16H2,1-3H3. The minimum atomic E-state index is 0.137. The molecule has 1 aliphatic rings. The molecule has 1 saturated heterocycles. The van der Waals surface area contributed by atoms with Gasteiger partial charge in [0.05, 0.1) is 0 Å². The first kappa shape index (κ1) is 13.3. The molecule has 18 heavy (non-hydrogen) atoms. The monoisotopic (exact) mass is 247 g/mol. The predicted molar refractivity (Wildman–Crippen MR) is 77.0 cm³/mol. The summed E-state index contributed by atoms with van der Waals surface area (Å²) >= 11 is 0. The van der Waals surface area contributed by atoms with Gasteiger partial charge in [-0.2, -0.15) is 0 Å². The van der Waals surface area contributed by atoms with Crippen LogP contribution in [0.15, 0.2) is 18.5 Å². The highest BCUT2D eigenvalue weighted by molar-refractivity contribution is 5.55. The van der Waals surface area contributed by atoms with Crippen LogP contribution in [0.4, 0.5) is 5.69 Å². The number of aromatic nitrogens is 1. The van der Waals surface area contributed by atoms with Crippen LogP contribution >= 0.6 is 0 Å². The molecule has 2 rings (SSSR count). The molecule has 100 valence electrons. The third-order valence-corrected chi connectivity index (χ3v) is 3.72. The van der Waals surface area contributed by atoms with Crippen molar-refractivity contribution < 1.29 is 0 Å². The Kier molecular flexibility index (Phi) is 3.91. The van der Waals surface area contributed by atoms with E-state index in [0.29, 0.717) is 6.04 Å². The van der Waals surface area contributed by atoms with Gasteiger partial charge in [0.2, 0.25) is 0 Å². The Morgan fingerprint density at radius 1 is 1.28 bits per heavy atom. The molecule has 0 aliphatic carbocycles. The molecule has 1 unspecified atom stereocenters. The van der Waals surface area contributed by atoms with Gasteiger partial charge in [-0.15, -0.1) is 0 Å². The SMILES string of the molecule is CC(C)(C)c1cnccc1N1CCCC(N)CC1. The van der Waals surface area contributed by atoms with Gasteiger partial charge < -0.3 is 10.6 Å². The summed E-state index contributed by atoms with van der Waals surface area (Å²) in [6, 6.07) is 2.52. The maximum atomic E-state index is 6.06. The Hall–Kier alpha value is -1.09. The summed E-state index contributed by atoms with van der Waals surface area (Å²) in [6.07, 6.45) is 7.33. The van der Waals surface area contributed by atoms with E-state index in [0.717, 1.165) is 25.9 Å². The van der Waals surface area contributed by atoms with E-state index in [-0.39, 0.29) is 5.41 Å². The van der Waals surface area contributed by atoms with Gasteiger partial charge in [0.25, 0.3) is 0 Å². The van der Waals surface area contributed by atoms with Gasteiger partial charge in [-0.05, 0) is 36.3 Å². The average Bonchev–Trinajstić information content (AvgIpc) is 2.53. The maximum absolute atomic E-state index is 6.06. The van der Waals surface area contributed by atoms with Gasteiger partial charge in [0.1, 0.15) is 0 Å². The van der Waals surface area contributed by atoms with E-state index in [1.807, 2.05) is 12.4 Å². The van der Waals surface area contributed by atoms with Crippen molar-refractivity contribution in [3.05, 3.63) is 24.0 Å². The van der Waals surface area contributed by atoms with Crippen molar-refractivity contribution in [1.29, 1.82) is 0 Å². The van der Waals surface area contributed by atoms with Crippen molar-refractivity contribution in [2.45, 2.75) is 51.5 Å². The lowest BCUT2D eigenvalue weighted by Crippen LogP contribution is -2.29. The lowest BCUT2D eigenvalue weighted by atomic mass is 9.86. The van der Waals surface area contributed by atoms with Crippen molar-refractivity contribution in [2.75, 3.05) is 18.0 Å². The molecule has 0 spiro atoms. The summed E-state index contributed by atoms with van der Waals surface area (Å²) < 4.78 is 0. The second-order valence-electron chi connectivity index (χ2n) is 6.32. The van der Waals surface area contributed by atoms with Crippen molar-refractivity contribution in [2.24, 2.45) is 5.73 Å². The fourth-order valence-corrected chi connectivity index (χ4v) is 2.60. The number of hydrogen-bond donors (Lipinski definition) is 1. The summed E-state index contributed by atoms with van der Waals surface area (Å²) in [7, 11) is 0. The van der Waals surface area contributed by atoms with E-state index in [1.165, 1.54) is 17.7 Å². The maximum Gasteiger partial charge on any atom is 0.0435 e. The molecule has 1 aromatic heterocycles. The van der Waals surface area contributed by atoms with Crippen molar-refractivity contribution in [3.63, 3.8) is 0 Å². The van der Waals surface area contributed by atoms with Gasteiger partial charge in [-0.3, -0.25) is 4.98 Å². The largest absolute Gasteiger partial charge is 0.371 e. The van der Waals surface area contributed by atoms with E-state index in [4.69, 9.17) is 5.73 Å². The van der Waals surface area contributed by atoms with Gasteiger partial charge in [-0.25, -0.2) is 0 Å². The van der Waals surface area contributed by atoms with E-state index in [2.05, 4.69) is 36.7 Å². The zero-order valence-corrected chi connectivity index (χ0v) is 11.8. The van der Waals surface area contributed by atoms with Crippen LogP contribution in [-0.4, -0.2) is 24.1 Å². The summed E-state index contributed by atoms with van der Waals surface area (Å²) in [5.74, 6) is 0. The van der Waals surface area contributed by atoms with Crippen molar-refractivity contribution in [1.82, 2.24) is 4.98 Å². The Morgan fingerprint density at radius 3 is 2.78 bits per heavy atom. The first-order valence-electron chi connectivity index (χ1n) is 6.93. The second kappa shape index (κ2) is 5.27. The molecule has 1 aromatic rings. The lowest BCUT2D eigenvalue weighted by Gasteiger charge is -2.30. The quantitative estimate of drug-likeness (QED) is 0.829. The molecule has 0 bridgehead atoms. The zero-order valence-electron chi connectivity index (χ0n) is 11.8. The normalized spacial score (nSPS) is 21.8. The third-order valence-electron chi connectivity index (χ3n) is 3.72. The summed E-state index contributed by atoms with van der Waals surface area (Å²) in [6.45, 7) is 8.92. The molecule has 0 aromatic carbocycles. The first-order valence-corrected chi connectivity index (χ1v) is 6.93. The van der Waals surface area contributed by atoms with Gasteiger partial charge in [0.15, 0.2) is 0 Å². The summed E-state index contributed by atoms with van der Waals surface area (Å²) in [4.78, 5) is 6.77. The van der Waals surface area contributed by atoms with E-state index >= 15 is 0 Å². The lowest BCUT2D eigenvalue weighted by molar-refractivity contribution is 0.582. The van der Waals surface area contributed by atoms with Crippen LogP contribution in [0.5, 0.6) is 0 Å². The third kappa shape index (κ3) is 3.02. The number of nitrogens with zero attached hydrogens (tertiary/aromatic N) is 2. The molecular formula is C15H25N3. The van der Waals surface area contributed by atoms with Crippen LogP contribution in [-0.2, 0) is 5.41 Å². The molecular weight excluding hydrogens is 222 g/mol. The van der Waals surface area contributed by atoms with Crippen LogP contribution in [0, 0.1) is 0 Å². The fourth-order valence-electron chi connectivity index (χ4n) is 2.60.